The van der Waals surface area contributed by atoms with Gasteiger partial charge in [-0.1, -0.05) is 6.07 Å². The highest BCUT2D eigenvalue weighted by molar-refractivity contribution is 7.92. The van der Waals surface area contributed by atoms with Crippen LogP contribution in [0.25, 0.3) is 0 Å². The summed E-state index contributed by atoms with van der Waals surface area (Å²) in [5.74, 6) is -3.07. The van der Waals surface area contributed by atoms with E-state index in [-0.39, 0.29) is 16.5 Å². The molecule has 144 valence electrons. The zero-order valence-corrected chi connectivity index (χ0v) is 15.3. The number of aryl methyl sites for hydroxylation is 1. The van der Waals surface area contributed by atoms with Crippen molar-refractivity contribution >= 4 is 27.6 Å². The fraction of sp³-hybridized carbons (Fsp3) is 0.0556. The molecule has 0 fully saturated rings. The molecule has 0 aliphatic heterocycles. The Labute approximate surface area is 159 Å². The number of carbonyl (C=O) groups excluding carboxylic acids is 1. The van der Waals surface area contributed by atoms with Gasteiger partial charge in [0.2, 0.25) is 5.95 Å². The van der Waals surface area contributed by atoms with E-state index in [2.05, 4.69) is 20.0 Å². The Bertz CT molecular complexity index is 1120. The number of anilines is 2. The Morgan fingerprint density at radius 3 is 2.25 bits per heavy atom. The Balaban J connectivity index is 1.77. The third-order valence-electron chi connectivity index (χ3n) is 3.63. The highest BCUT2D eigenvalue weighted by Crippen LogP contribution is 2.19. The molecule has 0 saturated heterocycles. The Morgan fingerprint density at radius 2 is 1.64 bits per heavy atom. The molecule has 1 aromatic heterocycles. The quantitative estimate of drug-likeness (QED) is 0.680. The van der Waals surface area contributed by atoms with Gasteiger partial charge in [0.25, 0.3) is 15.9 Å². The fourth-order valence-electron chi connectivity index (χ4n) is 2.30. The topological polar surface area (TPSA) is 101 Å². The number of sulfonamides is 1. The Kier molecular flexibility index (Phi) is 5.32. The van der Waals surface area contributed by atoms with Crippen LogP contribution in [-0.2, 0) is 10.0 Å². The van der Waals surface area contributed by atoms with E-state index in [1.807, 2.05) is 0 Å². The second kappa shape index (κ2) is 7.69. The maximum atomic E-state index is 13.7. The van der Waals surface area contributed by atoms with Gasteiger partial charge in [-0.15, -0.1) is 0 Å². The average molecular weight is 404 g/mol. The molecule has 0 aliphatic carbocycles. The second-order valence-electron chi connectivity index (χ2n) is 5.70. The van der Waals surface area contributed by atoms with Crippen LogP contribution in [0.1, 0.15) is 16.1 Å². The van der Waals surface area contributed by atoms with Crippen molar-refractivity contribution < 1.29 is 22.0 Å². The van der Waals surface area contributed by atoms with Gasteiger partial charge in [-0.2, -0.15) is 0 Å². The number of rotatable bonds is 5. The third-order valence-corrected chi connectivity index (χ3v) is 4.98. The van der Waals surface area contributed by atoms with E-state index < -0.39 is 33.1 Å². The number of hydrogen-bond acceptors (Lipinski definition) is 5. The van der Waals surface area contributed by atoms with Crippen LogP contribution in [-0.4, -0.2) is 24.3 Å². The molecular weight excluding hydrogens is 390 g/mol. The molecule has 1 heterocycles. The zero-order valence-electron chi connectivity index (χ0n) is 14.5. The van der Waals surface area contributed by atoms with Crippen LogP contribution in [0.3, 0.4) is 0 Å². The summed E-state index contributed by atoms with van der Waals surface area (Å²) < 4.78 is 54.3. The normalized spacial score (nSPS) is 11.1. The van der Waals surface area contributed by atoms with Gasteiger partial charge >= 0.3 is 0 Å². The SMILES string of the molecule is Cc1ccnc(NS(=O)(=O)c2ccc(NC(=O)c3c(F)cccc3F)cc2)n1. The molecule has 10 heteroatoms. The van der Waals surface area contributed by atoms with Crippen molar-refractivity contribution in [1.29, 1.82) is 0 Å². The molecule has 2 N–H and O–H groups in total. The largest absolute Gasteiger partial charge is 0.322 e. The molecule has 28 heavy (non-hydrogen) atoms. The third kappa shape index (κ3) is 4.29. The molecular formula is C18H14F2N4O3S. The van der Waals surface area contributed by atoms with E-state index in [0.717, 1.165) is 18.2 Å². The van der Waals surface area contributed by atoms with Gasteiger partial charge in [-0.3, -0.25) is 4.79 Å². The predicted molar refractivity (Wildman–Crippen MR) is 98.3 cm³/mol. The smallest absolute Gasteiger partial charge is 0.264 e. The maximum absolute atomic E-state index is 13.7. The van der Waals surface area contributed by atoms with Gasteiger partial charge in [0, 0.05) is 17.6 Å². The van der Waals surface area contributed by atoms with Crippen LogP contribution in [0.5, 0.6) is 0 Å². The predicted octanol–water partition coefficient (Wildman–Crippen LogP) is 3.12. The number of nitrogens with one attached hydrogen (secondary N) is 2. The molecule has 0 bridgehead atoms. The molecule has 0 atom stereocenters. The highest BCUT2D eigenvalue weighted by atomic mass is 32.2. The molecule has 0 aliphatic rings. The van der Waals surface area contributed by atoms with Crippen molar-refractivity contribution in [3.05, 3.63) is 77.6 Å². The lowest BCUT2D eigenvalue weighted by atomic mass is 10.2. The summed E-state index contributed by atoms with van der Waals surface area (Å²) in [6, 6.07) is 9.74. The van der Waals surface area contributed by atoms with E-state index in [0.29, 0.717) is 5.69 Å². The monoisotopic (exact) mass is 404 g/mol. The van der Waals surface area contributed by atoms with Crippen LogP contribution in [0.15, 0.2) is 59.6 Å². The summed E-state index contributed by atoms with van der Waals surface area (Å²) in [4.78, 5) is 19.8. The molecule has 3 aromatic rings. The van der Waals surface area contributed by atoms with Crippen molar-refractivity contribution in [2.45, 2.75) is 11.8 Å². The summed E-state index contributed by atoms with van der Waals surface area (Å²) in [6.45, 7) is 1.69. The standard InChI is InChI=1S/C18H14F2N4O3S/c1-11-9-10-21-18(22-11)24-28(26,27)13-7-5-12(6-8-13)23-17(25)16-14(19)3-2-4-15(16)20/h2-10H,1H3,(H,23,25)(H,21,22,24). The number of amides is 1. The minimum absolute atomic E-state index is 0.0765. The van der Waals surface area contributed by atoms with E-state index in [4.69, 9.17) is 0 Å². The van der Waals surface area contributed by atoms with Gasteiger partial charge in [0.15, 0.2) is 0 Å². The molecule has 2 aromatic carbocycles. The number of hydrogen-bond donors (Lipinski definition) is 2. The highest BCUT2D eigenvalue weighted by Gasteiger charge is 2.18. The van der Waals surface area contributed by atoms with Crippen LogP contribution >= 0.6 is 0 Å². The van der Waals surface area contributed by atoms with Gasteiger partial charge in [0.1, 0.15) is 17.2 Å². The van der Waals surface area contributed by atoms with Crippen LogP contribution in [0.4, 0.5) is 20.4 Å². The fourth-order valence-corrected chi connectivity index (χ4v) is 3.25. The van der Waals surface area contributed by atoms with Gasteiger partial charge in [-0.05, 0) is 49.4 Å². The van der Waals surface area contributed by atoms with Crippen LogP contribution < -0.4 is 10.0 Å². The molecule has 1 amide bonds. The first-order valence-corrected chi connectivity index (χ1v) is 9.42. The van der Waals surface area contributed by atoms with E-state index in [9.17, 15) is 22.0 Å². The van der Waals surface area contributed by atoms with Crippen molar-refractivity contribution in [1.82, 2.24) is 9.97 Å². The van der Waals surface area contributed by atoms with Crippen molar-refractivity contribution in [3.8, 4) is 0 Å². The molecule has 0 saturated carbocycles. The minimum atomic E-state index is -3.95. The summed E-state index contributed by atoms with van der Waals surface area (Å²) in [5.41, 5.74) is 0.0296. The maximum Gasteiger partial charge on any atom is 0.264 e. The summed E-state index contributed by atoms with van der Waals surface area (Å²) in [5, 5.41) is 2.32. The first kappa shape index (κ1) is 19.4. The van der Waals surface area contributed by atoms with Crippen LogP contribution in [0, 0.1) is 18.6 Å². The number of aromatic nitrogens is 2. The van der Waals surface area contributed by atoms with Crippen molar-refractivity contribution in [3.63, 3.8) is 0 Å². The summed E-state index contributed by atoms with van der Waals surface area (Å²) in [6.07, 6.45) is 1.42. The summed E-state index contributed by atoms with van der Waals surface area (Å²) >= 11 is 0. The number of halogens is 2. The van der Waals surface area contributed by atoms with Gasteiger partial charge in [0.05, 0.1) is 4.90 Å². The van der Waals surface area contributed by atoms with Crippen molar-refractivity contribution in [2.24, 2.45) is 0 Å². The molecule has 3 rings (SSSR count). The number of carbonyl (C=O) groups is 1. The van der Waals surface area contributed by atoms with E-state index in [1.165, 1.54) is 30.5 Å². The number of nitrogens with zero attached hydrogens (tertiary/aromatic N) is 2. The second-order valence-corrected chi connectivity index (χ2v) is 7.38. The lowest BCUT2D eigenvalue weighted by Gasteiger charge is -2.09. The van der Waals surface area contributed by atoms with Gasteiger partial charge < -0.3 is 5.32 Å². The lowest BCUT2D eigenvalue weighted by molar-refractivity contribution is 0.101. The molecule has 0 unspecified atom stereocenters. The van der Waals surface area contributed by atoms with E-state index in [1.54, 1.807) is 13.0 Å². The molecule has 7 nitrogen and oxygen atoms in total. The van der Waals surface area contributed by atoms with E-state index >= 15 is 0 Å². The number of benzene rings is 2. The first-order chi connectivity index (χ1) is 13.3. The lowest BCUT2D eigenvalue weighted by Crippen LogP contribution is -2.17. The average Bonchev–Trinajstić information content (AvgIpc) is 2.61. The van der Waals surface area contributed by atoms with Gasteiger partial charge in [-0.25, -0.2) is 31.9 Å². The Morgan fingerprint density at radius 1 is 1.00 bits per heavy atom. The van der Waals surface area contributed by atoms with Crippen molar-refractivity contribution in [2.75, 3.05) is 10.0 Å². The minimum Gasteiger partial charge on any atom is -0.322 e. The molecule has 0 spiro atoms. The molecule has 0 radical (unpaired) electrons. The zero-order chi connectivity index (χ0) is 20.3. The summed E-state index contributed by atoms with van der Waals surface area (Å²) in [7, 11) is -3.95. The Hall–Kier alpha value is -3.40. The van der Waals surface area contributed by atoms with Crippen LogP contribution in [0.2, 0.25) is 0 Å². The first-order valence-electron chi connectivity index (χ1n) is 7.94.